The Morgan fingerprint density at radius 3 is 3.00 bits per heavy atom. The molecule has 0 unspecified atom stereocenters. The first-order chi connectivity index (χ1) is 6.06. The average molecular weight is 135 g/mol. The summed E-state index contributed by atoms with van der Waals surface area (Å²) < 4.78 is 38.6. The minimum atomic E-state index is -2.94. The van der Waals surface area contributed by atoms with Gasteiger partial charge in [0.2, 0.25) is 0 Å². The van der Waals surface area contributed by atoms with Crippen molar-refractivity contribution >= 4 is 5.97 Å². The molecule has 0 aromatic heterocycles. The lowest BCUT2D eigenvalue weighted by Gasteiger charge is -2.02. The molecule has 0 saturated heterocycles. The Bertz CT molecular complexity index is 209. The summed E-state index contributed by atoms with van der Waals surface area (Å²) in [6.07, 6.45) is 0.00951. The van der Waals surface area contributed by atoms with Gasteiger partial charge in [-0.1, -0.05) is 13.8 Å². The fraction of sp³-hybridized carbons (Fsp3) is 0.857. The molecule has 0 atom stereocenters. The third-order valence-corrected chi connectivity index (χ3v) is 0.740. The quantitative estimate of drug-likeness (QED) is 0.549. The van der Waals surface area contributed by atoms with E-state index in [1.54, 1.807) is 13.8 Å². The van der Waals surface area contributed by atoms with Crippen LogP contribution in [-0.2, 0) is 9.53 Å². The molecule has 0 spiro atoms. The van der Waals surface area contributed by atoms with E-state index in [1.807, 2.05) is 0 Å². The molecule has 0 fully saturated rings. The van der Waals surface area contributed by atoms with Gasteiger partial charge in [-0.2, -0.15) is 0 Å². The van der Waals surface area contributed by atoms with Gasteiger partial charge < -0.3 is 4.74 Å². The van der Waals surface area contributed by atoms with E-state index in [4.69, 9.17) is 6.85 Å². The first kappa shape index (κ1) is 3.04. The molecule has 2 heteroatoms. The number of ether oxygens (including phenoxy) is 1. The van der Waals surface area contributed by atoms with Crippen LogP contribution < -0.4 is 0 Å². The van der Waals surface area contributed by atoms with Crippen molar-refractivity contribution in [2.24, 2.45) is 5.92 Å². The zero-order chi connectivity index (χ0) is 11.6. The maximum Gasteiger partial charge on any atom is 0.306 e. The normalized spacial score (nSPS) is 21.0. The van der Waals surface area contributed by atoms with Gasteiger partial charge in [0, 0.05) is 10.5 Å². The standard InChI is InChI=1S/C7H14O2/c1-4-9-7(8)5-6(2)3/h6H,4-5H2,1-3H3/i1D3,4D2. The first-order valence-electron chi connectivity index (χ1n) is 5.28. The molecule has 0 aliphatic carbocycles. The summed E-state index contributed by atoms with van der Waals surface area (Å²) in [4.78, 5) is 11.0. The third-order valence-electron chi connectivity index (χ3n) is 0.740. The highest BCUT2D eigenvalue weighted by molar-refractivity contribution is 5.69. The molecule has 0 bridgehead atoms. The molecule has 54 valence electrons. The molecular formula is C7H14O2. The van der Waals surface area contributed by atoms with Gasteiger partial charge in [0.05, 0.1) is 9.30 Å². The van der Waals surface area contributed by atoms with E-state index >= 15 is 0 Å². The fourth-order valence-corrected chi connectivity index (χ4v) is 0.432. The van der Waals surface area contributed by atoms with Gasteiger partial charge in [-0.3, -0.25) is 4.79 Å². The zero-order valence-corrected chi connectivity index (χ0v) is 5.60. The summed E-state index contributed by atoms with van der Waals surface area (Å²) in [5, 5.41) is 0. The molecule has 0 N–H and O–H groups in total. The summed E-state index contributed by atoms with van der Waals surface area (Å²) in [6, 6.07) is 0. The Kier molecular flexibility index (Phi) is 1.47. The number of carbonyl (C=O) groups is 1. The summed E-state index contributed by atoms with van der Waals surface area (Å²) in [5.74, 6) is -0.823. The summed E-state index contributed by atoms with van der Waals surface area (Å²) >= 11 is 0. The van der Waals surface area contributed by atoms with Crippen molar-refractivity contribution in [3.05, 3.63) is 0 Å². The third kappa shape index (κ3) is 5.34. The van der Waals surface area contributed by atoms with Crippen LogP contribution in [0.3, 0.4) is 0 Å². The van der Waals surface area contributed by atoms with E-state index in [-0.39, 0.29) is 12.3 Å². The SMILES string of the molecule is [2H]C([2H])([2H])C([2H])([2H])OC(=O)CC(C)C. The molecule has 0 saturated carbocycles. The van der Waals surface area contributed by atoms with E-state index in [1.165, 1.54) is 0 Å². The van der Waals surface area contributed by atoms with Crippen molar-refractivity contribution in [1.29, 1.82) is 0 Å². The minimum Gasteiger partial charge on any atom is -0.466 e. The van der Waals surface area contributed by atoms with Crippen LogP contribution in [0.1, 0.15) is 34.0 Å². The van der Waals surface area contributed by atoms with Crippen LogP contribution in [0.15, 0.2) is 0 Å². The van der Waals surface area contributed by atoms with Crippen molar-refractivity contribution in [2.45, 2.75) is 27.1 Å². The van der Waals surface area contributed by atoms with Crippen LogP contribution in [0.5, 0.6) is 0 Å². The van der Waals surface area contributed by atoms with E-state index < -0.39 is 19.4 Å². The van der Waals surface area contributed by atoms with E-state index in [9.17, 15) is 4.79 Å². The fourth-order valence-electron chi connectivity index (χ4n) is 0.432. The molecule has 0 amide bonds. The second kappa shape index (κ2) is 4.36. The van der Waals surface area contributed by atoms with Gasteiger partial charge in [0.15, 0.2) is 0 Å². The van der Waals surface area contributed by atoms with E-state index in [0.717, 1.165) is 0 Å². The van der Waals surface area contributed by atoms with Crippen molar-refractivity contribution < 1.29 is 16.4 Å². The Morgan fingerprint density at radius 2 is 2.56 bits per heavy atom. The highest BCUT2D eigenvalue weighted by atomic mass is 16.5. The van der Waals surface area contributed by atoms with Crippen molar-refractivity contribution in [3.63, 3.8) is 0 Å². The molecule has 0 aromatic rings. The average Bonchev–Trinajstić information content (AvgIpc) is 1.79. The highest BCUT2D eigenvalue weighted by Gasteiger charge is 2.03. The maximum absolute atomic E-state index is 11.0. The van der Waals surface area contributed by atoms with Crippen LogP contribution in [0.4, 0.5) is 0 Å². The predicted octanol–water partition coefficient (Wildman–Crippen LogP) is 1.60. The van der Waals surface area contributed by atoms with Gasteiger partial charge in [-0.05, 0) is 12.8 Å². The zero-order valence-electron chi connectivity index (χ0n) is 10.6. The van der Waals surface area contributed by atoms with Gasteiger partial charge in [-0.15, -0.1) is 0 Å². The number of carbonyl (C=O) groups excluding carboxylic acids is 1. The lowest BCUT2D eigenvalue weighted by atomic mass is 10.1. The molecule has 0 aliphatic rings. The highest BCUT2D eigenvalue weighted by Crippen LogP contribution is 1.99. The summed E-state index contributed by atoms with van der Waals surface area (Å²) in [6.45, 7) is -2.34. The van der Waals surface area contributed by atoms with Crippen molar-refractivity contribution in [2.75, 3.05) is 6.56 Å². The lowest BCUT2D eigenvalue weighted by molar-refractivity contribution is -0.143. The molecule has 9 heavy (non-hydrogen) atoms. The first-order valence-corrected chi connectivity index (χ1v) is 2.78. The van der Waals surface area contributed by atoms with E-state index in [0.29, 0.717) is 0 Å². The van der Waals surface area contributed by atoms with Crippen LogP contribution >= 0.6 is 0 Å². The molecule has 0 radical (unpaired) electrons. The number of esters is 1. The number of hydrogen-bond acceptors (Lipinski definition) is 2. The molecule has 2 nitrogen and oxygen atoms in total. The largest absolute Gasteiger partial charge is 0.466 e. The molecule has 0 aromatic carbocycles. The summed E-state index contributed by atoms with van der Waals surface area (Å²) in [7, 11) is 0. The topological polar surface area (TPSA) is 26.3 Å². The van der Waals surface area contributed by atoms with Crippen LogP contribution in [0, 0.1) is 5.92 Å². The monoisotopic (exact) mass is 135 g/mol. The molecule has 0 heterocycles. The van der Waals surface area contributed by atoms with Crippen molar-refractivity contribution in [1.82, 2.24) is 0 Å². The predicted molar refractivity (Wildman–Crippen MR) is 36.1 cm³/mol. The van der Waals surface area contributed by atoms with Crippen LogP contribution in [0.2, 0.25) is 0 Å². The van der Waals surface area contributed by atoms with E-state index in [2.05, 4.69) is 4.74 Å². The lowest BCUT2D eigenvalue weighted by Crippen LogP contribution is -2.06. The molecular weight excluding hydrogens is 116 g/mol. The van der Waals surface area contributed by atoms with Crippen molar-refractivity contribution in [3.8, 4) is 0 Å². The van der Waals surface area contributed by atoms with Crippen LogP contribution in [0.25, 0.3) is 0 Å². The van der Waals surface area contributed by atoms with Gasteiger partial charge in [0.25, 0.3) is 0 Å². The summed E-state index contributed by atoms with van der Waals surface area (Å²) in [5.41, 5.74) is 0. The Morgan fingerprint density at radius 1 is 1.89 bits per heavy atom. The molecule has 0 rings (SSSR count). The molecule has 0 aliphatic heterocycles. The number of rotatable bonds is 3. The van der Waals surface area contributed by atoms with Gasteiger partial charge >= 0.3 is 5.97 Å². The van der Waals surface area contributed by atoms with Gasteiger partial charge in [0.1, 0.15) is 0 Å². The second-order valence-electron chi connectivity index (χ2n) is 2.17. The Balaban J connectivity index is 4.30. The maximum atomic E-state index is 11.0. The Labute approximate surface area is 63.2 Å². The second-order valence-corrected chi connectivity index (χ2v) is 2.17. The van der Waals surface area contributed by atoms with Crippen LogP contribution in [-0.4, -0.2) is 12.5 Å². The smallest absolute Gasteiger partial charge is 0.306 e. The van der Waals surface area contributed by atoms with Gasteiger partial charge in [-0.25, -0.2) is 0 Å². The Hall–Kier alpha value is -0.530. The number of hydrogen-bond donors (Lipinski definition) is 0. The minimum absolute atomic E-state index is 0.00917.